The summed E-state index contributed by atoms with van der Waals surface area (Å²) in [6.07, 6.45) is 2.33. The van der Waals surface area contributed by atoms with E-state index in [4.69, 9.17) is 14.6 Å². The molecule has 2 amide bonds. The molecule has 4 rings (SSSR count). The fourth-order valence-electron chi connectivity index (χ4n) is 3.77. The molecule has 174 valence electrons. The molecule has 0 unspecified atom stereocenters. The fourth-order valence-corrected chi connectivity index (χ4v) is 3.77. The Morgan fingerprint density at radius 2 is 1.79 bits per heavy atom. The van der Waals surface area contributed by atoms with Gasteiger partial charge in [-0.3, -0.25) is 0 Å². The predicted octanol–water partition coefficient (Wildman–Crippen LogP) is 5.22. The average Bonchev–Trinajstić information content (AvgIpc) is 3.58. The summed E-state index contributed by atoms with van der Waals surface area (Å²) in [7, 11) is 3.51. The monoisotopic (exact) mass is 448 g/mol. The number of benzene rings is 2. The van der Waals surface area contributed by atoms with Crippen LogP contribution >= 0.6 is 0 Å². The number of urea groups is 1. The first kappa shape index (κ1) is 22.7. The molecule has 0 radical (unpaired) electrons. The van der Waals surface area contributed by atoms with Gasteiger partial charge in [0.2, 0.25) is 5.88 Å². The van der Waals surface area contributed by atoms with Crippen molar-refractivity contribution in [2.75, 3.05) is 13.7 Å². The first-order valence-corrected chi connectivity index (χ1v) is 11.4. The van der Waals surface area contributed by atoms with Crippen molar-refractivity contribution in [3.63, 3.8) is 0 Å². The molecule has 1 N–H and O–H groups in total. The number of nitrogens with one attached hydrogen (secondary N) is 1. The van der Waals surface area contributed by atoms with Crippen molar-refractivity contribution in [1.29, 1.82) is 0 Å². The molecule has 0 spiro atoms. The quantitative estimate of drug-likeness (QED) is 0.487. The average molecular weight is 449 g/mol. The van der Waals surface area contributed by atoms with Crippen LogP contribution in [-0.4, -0.2) is 40.4 Å². The van der Waals surface area contributed by atoms with Gasteiger partial charge in [-0.15, -0.1) is 0 Å². The van der Waals surface area contributed by atoms with Gasteiger partial charge in [0.15, 0.2) is 0 Å². The topological polar surface area (TPSA) is 68.6 Å². The van der Waals surface area contributed by atoms with Gasteiger partial charge in [-0.05, 0) is 56.9 Å². The Morgan fingerprint density at radius 1 is 1.12 bits per heavy atom. The molecule has 0 aliphatic heterocycles. The summed E-state index contributed by atoms with van der Waals surface area (Å²) in [5.74, 6) is 2.63. The Balaban J connectivity index is 1.71. The Bertz CT molecular complexity index is 1070. The number of carbonyl (C=O) groups is 1. The fraction of sp³-hybridized carbons (Fsp3) is 0.385. The highest BCUT2D eigenvalue weighted by Gasteiger charge is 2.30. The number of nitrogens with zero attached hydrogens (tertiary/aromatic N) is 3. The predicted molar refractivity (Wildman–Crippen MR) is 129 cm³/mol. The molecule has 0 saturated heterocycles. The van der Waals surface area contributed by atoms with Crippen molar-refractivity contribution in [3.8, 4) is 28.6 Å². The van der Waals surface area contributed by atoms with E-state index in [-0.39, 0.29) is 12.1 Å². The largest absolute Gasteiger partial charge is 0.497 e. The lowest BCUT2D eigenvalue weighted by atomic mass is 10.1. The second kappa shape index (κ2) is 9.98. The van der Waals surface area contributed by atoms with E-state index >= 15 is 0 Å². The standard InChI is InChI=1S/C26H32N4O3/c1-18(2)27-26(31)30(16-19-10-11-19)17-23-24(20-8-6-5-7-9-20)28-29(3)25(23)33-22-14-12-21(32-4)13-15-22/h5-9,12-15,18-19H,10-11,16-17H2,1-4H3,(H,27,31). The zero-order valence-corrected chi connectivity index (χ0v) is 19.7. The number of methoxy groups -OCH3 is 1. The molecular formula is C26H32N4O3. The van der Waals surface area contributed by atoms with Gasteiger partial charge < -0.3 is 19.7 Å². The molecule has 1 aromatic heterocycles. The Hall–Kier alpha value is -3.48. The third-order valence-electron chi connectivity index (χ3n) is 5.63. The van der Waals surface area contributed by atoms with Crippen LogP contribution in [0.25, 0.3) is 11.3 Å². The van der Waals surface area contributed by atoms with Crippen LogP contribution in [0, 0.1) is 5.92 Å². The van der Waals surface area contributed by atoms with Crippen LogP contribution in [0.1, 0.15) is 32.3 Å². The van der Waals surface area contributed by atoms with Gasteiger partial charge in [0, 0.05) is 25.2 Å². The van der Waals surface area contributed by atoms with Crippen molar-refractivity contribution in [3.05, 3.63) is 60.2 Å². The smallest absolute Gasteiger partial charge is 0.317 e. The summed E-state index contributed by atoms with van der Waals surface area (Å²) < 4.78 is 13.3. The molecule has 2 aromatic carbocycles. The van der Waals surface area contributed by atoms with Crippen molar-refractivity contribution in [1.82, 2.24) is 20.0 Å². The Morgan fingerprint density at radius 3 is 2.39 bits per heavy atom. The number of hydrogen-bond donors (Lipinski definition) is 1. The van der Waals surface area contributed by atoms with Crippen molar-refractivity contribution >= 4 is 6.03 Å². The Labute approximate surface area is 195 Å². The number of hydrogen-bond acceptors (Lipinski definition) is 4. The van der Waals surface area contributed by atoms with Crippen molar-refractivity contribution < 1.29 is 14.3 Å². The highest BCUT2D eigenvalue weighted by atomic mass is 16.5. The highest BCUT2D eigenvalue weighted by molar-refractivity contribution is 5.75. The SMILES string of the molecule is COc1ccc(Oc2c(CN(CC3CC3)C(=O)NC(C)C)c(-c3ccccc3)nn2C)cc1. The highest BCUT2D eigenvalue weighted by Crippen LogP contribution is 2.36. The summed E-state index contributed by atoms with van der Waals surface area (Å²) in [6, 6.07) is 17.5. The van der Waals surface area contributed by atoms with Crippen LogP contribution in [0.3, 0.4) is 0 Å². The molecule has 3 aromatic rings. The minimum atomic E-state index is -0.0600. The van der Waals surface area contributed by atoms with Crippen LogP contribution in [0.15, 0.2) is 54.6 Å². The number of aryl methyl sites for hydroxylation is 1. The van der Waals surface area contributed by atoms with Crippen LogP contribution in [0.5, 0.6) is 17.4 Å². The maximum atomic E-state index is 13.0. The lowest BCUT2D eigenvalue weighted by Crippen LogP contribution is -2.43. The Kier molecular flexibility index (Phi) is 6.87. The van der Waals surface area contributed by atoms with Gasteiger partial charge >= 0.3 is 6.03 Å². The summed E-state index contributed by atoms with van der Waals surface area (Å²) >= 11 is 0. The van der Waals surface area contributed by atoms with Gasteiger partial charge in [-0.25, -0.2) is 9.48 Å². The molecular weight excluding hydrogens is 416 g/mol. The third-order valence-corrected chi connectivity index (χ3v) is 5.63. The normalized spacial score (nSPS) is 13.1. The number of carbonyl (C=O) groups excluding carboxylic acids is 1. The zero-order valence-electron chi connectivity index (χ0n) is 19.7. The van der Waals surface area contributed by atoms with E-state index in [1.54, 1.807) is 11.8 Å². The van der Waals surface area contributed by atoms with E-state index in [1.165, 1.54) is 12.8 Å². The number of aromatic nitrogens is 2. The number of rotatable bonds is 9. The van der Waals surface area contributed by atoms with E-state index in [0.29, 0.717) is 24.1 Å². The summed E-state index contributed by atoms with van der Waals surface area (Å²) in [5, 5.41) is 7.84. The van der Waals surface area contributed by atoms with E-state index in [2.05, 4.69) is 5.32 Å². The van der Waals surface area contributed by atoms with Crippen LogP contribution in [0.4, 0.5) is 4.79 Å². The number of amides is 2. The molecule has 1 aliphatic carbocycles. The molecule has 0 atom stereocenters. The van der Waals surface area contributed by atoms with Crippen LogP contribution < -0.4 is 14.8 Å². The molecule has 1 aliphatic rings. The van der Waals surface area contributed by atoms with E-state index in [1.807, 2.05) is 80.4 Å². The van der Waals surface area contributed by atoms with E-state index in [9.17, 15) is 4.79 Å². The second-order valence-electron chi connectivity index (χ2n) is 8.83. The van der Waals surface area contributed by atoms with Gasteiger partial charge in [-0.2, -0.15) is 5.10 Å². The lowest BCUT2D eigenvalue weighted by Gasteiger charge is -2.25. The van der Waals surface area contributed by atoms with Gasteiger partial charge in [0.1, 0.15) is 17.2 Å². The molecule has 7 heteroatoms. The van der Waals surface area contributed by atoms with E-state index in [0.717, 1.165) is 29.1 Å². The van der Waals surface area contributed by atoms with Crippen LogP contribution in [-0.2, 0) is 13.6 Å². The maximum Gasteiger partial charge on any atom is 0.317 e. The third kappa shape index (κ3) is 5.66. The van der Waals surface area contributed by atoms with E-state index < -0.39 is 0 Å². The summed E-state index contributed by atoms with van der Waals surface area (Å²) in [4.78, 5) is 14.9. The first-order chi connectivity index (χ1) is 15.9. The molecule has 1 fully saturated rings. The summed E-state index contributed by atoms with van der Waals surface area (Å²) in [5.41, 5.74) is 2.70. The second-order valence-corrected chi connectivity index (χ2v) is 8.83. The molecule has 7 nitrogen and oxygen atoms in total. The molecule has 1 saturated carbocycles. The minimum Gasteiger partial charge on any atom is -0.497 e. The van der Waals surface area contributed by atoms with Gasteiger partial charge in [0.25, 0.3) is 0 Å². The summed E-state index contributed by atoms with van der Waals surface area (Å²) in [6.45, 7) is 5.10. The maximum absolute atomic E-state index is 13.0. The number of ether oxygens (including phenoxy) is 2. The van der Waals surface area contributed by atoms with Crippen molar-refractivity contribution in [2.24, 2.45) is 13.0 Å². The zero-order chi connectivity index (χ0) is 23.4. The molecule has 1 heterocycles. The van der Waals surface area contributed by atoms with Gasteiger partial charge in [-0.1, -0.05) is 30.3 Å². The molecule has 0 bridgehead atoms. The van der Waals surface area contributed by atoms with Gasteiger partial charge in [0.05, 0.1) is 19.2 Å². The lowest BCUT2D eigenvalue weighted by molar-refractivity contribution is 0.189. The first-order valence-electron chi connectivity index (χ1n) is 11.4. The van der Waals surface area contributed by atoms with Crippen molar-refractivity contribution in [2.45, 2.75) is 39.3 Å². The molecule has 33 heavy (non-hydrogen) atoms. The van der Waals surface area contributed by atoms with Crippen LogP contribution in [0.2, 0.25) is 0 Å². The minimum absolute atomic E-state index is 0.0600.